The minimum Gasteiger partial charge on any atom is -0.377 e. The fourth-order valence-corrected chi connectivity index (χ4v) is 3.19. The summed E-state index contributed by atoms with van der Waals surface area (Å²) in [6, 6.07) is 4.17. The van der Waals surface area contributed by atoms with E-state index in [0.717, 1.165) is 25.0 Å². The van der Waals surface area contributed by atoms with Crippen LogP contribution in [-0.2, 0) is 16.6 Å². The first-order valence-corrected chi connectivity index (χ1v) is 7.42. The molecule has 1 aliphatic heterocycles. The molecule has 4 heteroatoms. The van der Waals surface area contributed by atoms with Gasteiger partial charge < -0.3 is 14.2 Å². The largest absolute Gasteiger partial charge is 0.377 e. The van der Waals surface area contributed by atoms with Gasteiger partial charge in [-0.1, -0.05) is 12.2 Å². The Bertz CT molecular complexity index is 506. The van der Waals surface area contributed by atoms with Crippen LogP contribution in [0.25, 0.3) is 0 Å². The van der Waals surface area contributed by atoms with Crippen molar-refractivity contribution in [3.63, 3.8) is 0 Å². The quantitative estimate of drug-likeness (QED) is 0.775. The summed E-state index contributed by atoms with van der Waals surface area (Å²) in [7, 11) is 2.02. The van der Waals surface area contributed by atoms with E-state index in [-0.39, 0.29) is 12.0 Å². The molecule has 0 spiro atoms. The van der Waals surface area contributed by atoms with Crippen molar-refractivity contribution in [2.75, 3.05) is 19.8 Å². The molecule has 2 aliphatic rings. The van der Waals surface area contributed by atoms with Crippen LogP contribution in [0.15, 0.2) is 30.5 Å². The molecule has 1 fully saturated rings. The molecule has 1 saturated heterocycles. The Hall–Kier alpha value is -1.55. The lowest BCUT2D eigenvalue weighted by atomic mass is 9.92. The molecule has 2 heterocycles. The maximum atomic E-state index is 12.8. The van der Waals surface area contributed by atoms with Gasteiger partial charge in [-0.2, -0.15) is 0 Å². The number of ether oxygens (including phenoxy) is 1. The van der Waals surface area contributed by atoms with Crippen molar-refractivity contribution in [3.8, 4) is 0 Å². The molecule has 0 bridgehead atoms. The minimum atomic E-state index is 0.0576. The molecule has 1 aromatic rings. The first-order chi connectivity index (χ1) is 9.77. The highest BCUT2D eigenvalue weighted by Gasteiger charge is 2.33. The smallest absolute Gasteiger partial charge is 0.226 e. The van der Waals surface area contributed by atoms with E-state index >= 15 is 0 Å². The van der Waals surface area contributed by atoms with Crippen molar-refractivity contribution in [1.29, 1.82) is 0 Å². The van der Waals surface area contributed by atoms with Crippen LogP contribution in [0.2, 0.25) is 0 Å². The van der Waals surface area contributed by atoms with E-state index in [9.17, 15) is 4.79 Å². The number of hydrogen-bond acceptors (Lipinski definition) is 2. The number of carbonyl (C=O) groups excluding carboxylic acids is 1. The Morgan fingerprint density at radius 1 is 1.40 bits per heavy atom. The lowest BCUT2D eigenvalue weighted by molar-refractivity contribution is -0.145. The van der Waals surface area contributed by atoms with Crippen LogP contribution in [-0.4, -0.2) is 35.1 Å². The summed E-state index contributed by atoms with van der Waals surface area (Å²) >= 11 is 0. The molecule has 2 atom stereocenters. The molecular formula is C16H22N2O2. The van der Waals surface area contributed by atoms with Gasteiger partial charge in [0.2, 0.25) is 5.91 Å². The van der Waals surface area contributed by atoms with Crippen LogP contribution in [0.3, 0.4) is 0 Å². The van der Waals surface area contributed by atoms with Gasteiger partial charge in [0.15, 0.2) is 0 Å². The average molecular weight is 274 g/mol. The van der Waals surface area contributed by atoms with Gasteiger partial charge in [0.1, 0.15) is 0 Å². The van der Waals surface area contributed by atoms with Gasteiger partial charge in [0.25, 0.3) is 0 Å². The number of carbonyl (C=O) groups is 1. The molecule has 1 amide bonds. The average Bonchev–Trinajstić information content (AvgIpc) is 2.93. The third-order valence-corrected chi connectivity index (χ3v) is 4.36. The monoisotopic (exact) mass is 274 g/mol. The lowest BCUT2D eigenvalue weighted by Gasteiger charge is -2.38. The van der Waals surface area contributed by atoms with Gasteiger partial charge in [0, 0.05) is 31.4 Å². The van der Waals surface area contributed by atoms with Crippen LogP contribution >= 0.6 is 0 Å². The molecule has 3 rings (SSSR count). The van der Waals surface area contributed by atoms with Gasteiger partial charge in [0.05, 0.1) is 19.3 Å². The highest BCUT2D eigenvalue weighted by atomic mass is 16.5. The number of allylic oxidation sites excluding steroid dienone is 2. The predicted molar refractivity (Wildman–Crippen MR) is 77.2 cm³/mol. The lowest BCUT2D eigenvalue weighted by Crippen LogP contribution is -2.46. The number of aryl methyl sites for hydroxylation is 1. The third-order valence-electron chi connectivity index (χ3n) is 4.36. The number of hydrogen-bond donors (Lipinski definition) is 0. The second-order valence-corrected chi connectivity index (χ2v) is 5.65. The number of nitrogens with zero attached hydrogens (tertiary/aromatic N) is 2. The summed E-state index contributed by atoms with van der Waals surface area (Å²) in [5, 5.41) is 0. The Morgan fingerprint density at radius 2 is 2.30 bits per heavy atom. The molecule has 0 N–H and O–H groups in total. The summed E-state index contributed by atoms with van der Waals surface area (Å²) in [6.45, 7) is 1.95. The number of morpholine rings is 1. The zero-order chi connectivity index (χ0) is 13.9. The number of rotatable bonds is 2. The molecule has 1 aromatic heterocycles. The summed E-state index contributed by atoms with van der Waals surface area (Å²) in [4.78, 5) is 14.8. The fraction of sp³-hybridized carbons (Fsp3) is 0.562. The number of amides is 1. The van der Waals surface area contributed by atoms with Gasteiger partial charge in [-0.15, -0.1) is 0 Å². The van der Waals surface area contributed by atoms with Crippen LogP contribution in [0.4, 0.5) is 0 Å². The normalized spacial score (nSPS) is 26.8. The van der Waals surface area contributed by atoms with E-state index in [2.05, 4.69) is 22.8 Å². The Labute approximate surface area is 120 Å². The third kappa shape index (κ3) is 2.52. The van der Waals surface area contributed by atoms with E-state index in [1.54, 1.807) is 0 Å². The van der Waals surface area contributed by atoms with E-state index in [1.165, 1.54) is 0 Å². The zero-order valence-electron chi connectivity index (χ0n) is 12.0. The van der Waals surface area contributed by atoms with Crippen LogP contribution in [0, 0.1) is 5.92 Å². The van der Waals surface area contributed by atoms with Crippen LogP contribution < -0.4 is 0 Å². The summed E-state index contributed by atoms with van der Waals surface area (Å²) in [6.07, 6.45) is 9.23. The highest BCUT2D eigenvalue weighted by molar-refractivity contribution is 5.79. The Kier molecular flexibility index (Phi) is 3.92. The van der Waals surface area contributed by atoms with Crippen molar-refractivity contribution < 1.29 is 9.53 Å². The molecule has 4 nitrogen and oxygen atoms in total. The second kappa shape index (κ2) is 5.83. The highest BCUT2D eigenvalue weighted by Crippen LogP contribution is 2.29. The van der Waals surface area contributed by atoms with Crippen molar-refractivity contribution >= 4 is 5.91 Å². The molecule has 0 unspecified atom stereocenters. The zero-order valence-corrected chi connectivity index (χ0v) is 12.0. The van der Waals surface area contributed by atoms with Crippen molar-refractivity contribution in [3.05, 3.63) is 36.2 Å². The number of aromatic nitrogens is 1. The first kappa shape index (κ1) is 13.4. The SMILES string of the molecule is Cn1cccc1[C@@H]1COCCN1C(=O)[C@H]1CC=CCC1. The van der Waals surface area contributed by atoms with E-state index in [0.29, 0.717) is 25.7 Å². The summed E-state index contributed by atoms with van der Waals surface area (Å²) in [5.41, 5.74) is 1.16. The Morgan fingerprint density at radius 3 is 3.00 bits per heavy atom. The van der Waals surface area contributed by atoms with E-state index in [1.807, 2.05) is 24.2 Å². The van der Waals surface area contributed by atoms with Crippen LogP contribution in [0.1, 0.15) is 31.0 Å². The summed E-state index contributed by atoms with van der Waals surface area (Å²) in [5.74, 6) is 0.449. The van der Waals surface area contributed by atoms with Crippen molar-refractivity contribution in [2.24, 2.45) is 13.0 Å². The van der Waals surface area contributed by atoms with E-state index < -0.39 is 0 Å². The molecule has 20 heavy (non-hydrogen) atoms. The minimum absolute atomic E-state index is 0.0576. The maximum absolute atomic E-state index is 12.8. The van der Waals surface area contributed by atoms with Gasteiger partial charge in [-0.3, -0.25) is 4.79 Å². The predicted octanol–water partition coefficient (Wildman–Crippen LogP) is 2.28. The molecule has 1 aliphatic carbocycles. The van der Waals surface area contributed by atoms with Crippen LogP contribution in [0.5, 0.6) is 0 Å². The Balaban J connectivity index is 1.80. The van der Waals surface area contributed by atoms with Gasteiger partial charge >= 0.3 is 0 Å². The standard InChI is InChI=1S/C16H22N2O2/c1-17-9-5-8-14(17)15-12-20-11-10-18(15)16(19)13-6-3-2-4-7-13/h2-3,5,8-9,13,15H,4,6-7,10-12H2,1H3/t13-,15-/m0/s1. The first-order valence-electron chi connectivity index (χ1n) is 7.42. The molecular weight excluding hydrogens is 252 g/mol. The van der Waals surface area contributed by atoms with E-state index in [4.69, 9.17) is 4.74 Å². The molecule has 0 radical (unpaired) electrons. The fourth-order valence-electron chi connectivity index (χ4n) is 3.19. The van der Waals surface area contributed by atoms with Gasteiger partial charge in [-0.05, 0) is 31.4 Å². The van der Waals surface area contributed by atoms with Crippen molar-refractivity contribution in [2.45, 2.75) is 25.3 Å². The molecule has 0 aromatic carbocycles. The second-order valence-electron chi connectivity index (χ2n) is 5.65. The molecule has 108 valence electrons. The molecule has 0 saturated carbocycles. The summed E-state index contributed by atoms with van der Waals surface area (Å²) < 4.78 is 7.69. The van der Waals surface area contributed by atoms with Gasteiger partial charge in [-0.25, -0.2) is 0 Å². The topological polar surface area (TPSA) is 34.5 Å². The maximum Gasteiger partial charge on any atom is 0.226 e. The van der Waals surface area contributed by atoms with Crippen molar-refractivity contribution in [1.82, 2.24) is 9.47 Å².